The van der Waals surface area contributed by atoms with E-state index in [0.717, 1.165) is 38.5 Å². The highest BCUT2D eigenvalue weighted by Gasteiger charge is 2.62. The van der Waals surface area contributed by atoms with Crippen LogP contribution in [0.3, 0.4) is 0 Å². The number of aliphatic hydroxyl groups is 1. The van der Waals surface area contributed by atoms with Crippen molar-refractivity contribution in [1.29, 1.82) is 0 Å². The molecule has 0 bridgehead atoms. The van der Waals surface area contributed by atoms with Crippen LogP contribution in [0.5, 0.6) is 0 Å². The summed E-state index contributed by atoms with van der Waals surface area (Å²) in [6.45, 7) is 2.54. The number of ketones is 1. The van der Waals surface area contributed by atoms with Crippen LogP contribution in [0.4, 0.5) is 13.2 Å². The quantitative estimate of drug-likeness (QED) is 0.758. The first-order valence-corrected chi connectivity index (χ1v) is 11.8. The zero-order valence-corrected chi connectivity index (χ0v) is 18.0. The molecule has 0 unspecified atom stereocenters. The second-order valence-corrected chi connectivity index (χ2v) is 10.9. The molecule has 0 saturated heterocycles. The van der Waals surface area contributed by atoms with Crippen molar-refractivity contribution in [3.8, 4) is 0 Å². The van der Waals surface area contributed by atoms with E-state index in [4.69, 9.17) is 0 Å². The summed E-state index contributed by atoms with van der Waals surface area (Å²) in [5, 5.41) is 14.3. The molecule has 1 heterocycles. The Morgan fingerprint density at radius 1 is 1.10 bits per heavy atom. The Labute approximate surface area is 180 Å². The Balaban J connectivity index is 1.30. The normalized spacial score (nSPS) is 44.9. The van der Waals surface area contributed by atoms with Gasteiger partial charge in [0.25, 0.3) is 0 Å². The maximum absolute atomic E-state index is 13.4. The van der Waals surface area contributed by atoms with Gasteiger partial charge in [0, 0.05) is 5.92 Å². The van der Waals surface area contributed by atoms with E-state index in [1.165, 1.54) is 6.33 Å². The Morgan fingerprint density at radius 3 is 2.58 bits per heavy atom. The third-order valence-corrected chi connectivity index (χ3v) is 9.71. The van der Waals surface area contributed by atoms with E-state index in [1.807, 2.05) is 0 Å². The molecule has 5 nitrogen and oxygen atoms in total. The summed E-state index contributed by atoms with van der Waals surface area (Å²) in [6, 6.07) is 0. The minimum Gasteiger partial charge on any atom is -0.380 e. The Morgan fingerprint density at radius 2 is 1.87 bits per heavy atom. The molecule has 0 radical (unpaired) electrons. The van der Waals surface area contributed by atoms with E-state index in [-0.39, 0.29) is 48.3 Å². The van der Waals surface area contributed by atoms with Crippen LogP contribution in [-0.2, 0) is 11.3 Å². The topological polar surface area (TPSA) is 68.0 Å². The van der Waals surface area contributed by atoms with Gasteiger partial charge in [0.1, 0.15) is 19.2 Å². The van der Waals surface area contributed by atoms with Crippen LogP contribution in [0.1, 0.15) is 64.7 Å². The van der Waals surface area contributed by atoms with Gasteiger partial charge in [-0.05, 0) is 92.8 Å². The zero-order valence-electron chi connectivity index (χ0n) is 18.0. The molecule has 0 spiro atoms. The van der Waals surface area contributed by atoms with Crippen molar-refractivity contribution in [2.24, 2.45) is 40.9 Å². The number of hydrogen-bond acceptors (Lipinski definition) is 4. The third kappa shape index (κ3) is 3.35. The highest BCUT2D eigenvalue weighted by molar-refractivity contribution is 5.82. The molecule has 4 aliphatic carbocycles. The van der Waals surface area contributed by atoms with Gasteiger partial charge in [-0.25, -0.2) is 9.67 Å². The lowest BCUT2D eigenvalue weighted by Gasteiger charge is -2.57. The lowest BCUT2D eigenvalue weighted by molar-refractivity contribution is -0.282. The summed E-state index contributed by atoms with van der Waals surface area (Å²) in [5.41, 5.74) is -2.52. The van der Waals surface area contributed by atoms with Crippen molar-refractivity contribution < 1.29 is 23.1 Å². The highest BCUT2D eigenvalue weighted by atomic mass is 19.4. The van der Waals surface area contributed by atoms with Gasteiger partial charge in [-0.2, -0.15) is 18.3 Å². The number of rotatable bonds is 3. The summed E-state index contributed by atoms with van der Waals surface area (Å²) in [6.07, 6.45) is 4.27. The summed E-state index contributed by atoms with van der Waals surface area (Å²) in [7, 11) is 0. The Kier molecular flexibility index (Phi) is 5.03. The summed E-state index contributed by atoms with van der Waals surface area (Å²) >= 11 is 0. The predicted molar refractivity (Wildman–Crippen MR) is 107 cm³/mol. The van der Waals surface area contributed by atoms with Gasteiger partial charge in [-0.1, -0.05) is 6.92 Å². The number of aromatic nitrogens is 3. The fourth-order valence-corrected chi connectivity index (χ4v) is 8.25. The van der Waals surface area contributed by atoms with Crippen LogP contribution in [0.15, 0.2) is 12.7 Å². The summed E-state index contributed by atoms with van der Waals surface area (Å²) in [5.74, 6) is 1.94. The van der Waals surface area contributed by atoms with Crippen LogP contribution < -0.4 is 0 Å². The minimum absolute atomic E-state index is 0.0208. The summed E-state index contributed by atoms with van der Waals surface area (Å²) in [4.78, 5) is 17.0. The molecular formula is C23H32F3N3O2. The maximum Gasteiger partial charge on any atom is 0.417 e. The molecule has 5 rings (SSSR count). The molecule has 0 aromatic carbocycles. The SMILES string of the molecule is C[C@]12CC[C@H]3[C@@H](CC[C@@H]4C[C@@](O)(C(F)(F)F)CC[C@@H]43)[C@H]1CC[C@@H]2C(=O)Cn1cncn1. The van der Waals surface area contributed by atoms with Crippen molar-refractivity contribution >= 4 is 5.78 Å². The number of hydrogen-bond donors (Lipinski definition) is 1. The molecule has 4 saturated carbocycles. The van der Waals surface area contributed by atoms with Crippen LogP contribution in [0.25, 0.3) is 0 Å². The van der Waals surface area contributed by atoms with Gasteiger partial charge in [0.05, 0.1) is 0 Å². The molecule has 4 aliphatic rings. The number of halogens is 3. The standard InChI is InChI=1S/C23H32F3N3O2/c1-21-8-6-16-15-7-9-22(31,23(24,25)26)10-14(15)2-3-17(16)18(21)4-5-19(21)20(30)11-29-13-27-12-28-29/h12-19,31H,2-11H2,1H3/t14-,15+,16-,17-,18-,19-,21+,22-/m1/s1. The molecule has 1 N–H and O–H groups in total. The number of nitrogens with zero attached hydrogens (tertiary/aromatic N) is 3. The van der Waals surface area contributed by atoms with E-state index < -0.39 is 11.8 Å². The monoisotopic (exact) mass is 439 g/mol. The fourth-order valence-electron chi connectivity index (χ4n) is 8.25. The molecule has 0 aliphatic heterocycles. The number of fused-ring (bicyclic) bond motifs is 5. The average Bonchev–Trinajstić information content (AvgIpc) is 3.33. The van der Waals surface area contributed by atoms with Crippen LogP contribution in [0.2, 0.25) is 0 Å². The second kappa shape index (κ2) is 7.29. The largest absolute Gasteiger partial charge is 0.417 e. The van der Waals surface area contributed by atoms with E-state index in [1.54, 1.807) is 11.0 Å². The predicted octanol–water partition coefficient (Wildman–Crippen LogP) is 4.41. The van der Waals surface area contributed by atoms with Crippen LogP contribution >= 0.6 is 0 Å². The number of Topliss-reactive ketones (excluding diaryl/α,β-unsaturated/α-hetero) is 1. The van der Waals surface area contributed by atoms with E-state index in [2.05, 4.69) is 17.0 Å². The van der Waals surface area contributed by atoms with Crippen LogP contribution in [0, 0.1) is 40.9 Å². The molecular weight excluding hydrogens is 407 g/mol. The van der Waals surface area contributed by atoms with E-state index in [9.17, 15) is 23.1 Å². The number of alkyl halides is 3. The minimum atomic E-state index is -4.54. The van der Waals surface area contributed by atoms with Gasteiger partial charge in [0.15, 0.2) is 11.4 Å². The number of carbonyl (C=O) groups excluding carboxylic acids is 1. The van der Waals surface area contributed by atoms with Crippen molar-refractivity contribution in [1.82, 2.24) is 14.8 Å². The molecule has 1 aromatic heterocycles. The first-order valence-electron chi connectivity index (χ1n) is 11.8. The van der Waals surface area contributed by atoms with E-state index in [0.29, 0.717) is 24.2 Å². The third-order valence-electron chi connectivity index (χ3n) is 9.71. The number of carbonyl (C=O) groups is 1. The Bertz CT molecular complexity index is 829. The fraction of sp³-hybridized carbons (Fsp3) is 0.870. The molecule has 0 amide bonds. The molecule has 31 heavy (non-hydrogen) atoms. The van der Waals surface area contributed by atoms with Crippen molar-refractivity contribution in [3.05, 3.63) is 12.7 Å². The van der Waals surface area contributed by atoms with E-state index >= 15 is 0 Å². The molecule has 8 heteroatoms. The van der Waals surface area contributed by atoms with Crippen molar-refractivity contribution in [3.63, 3.8) is 0 Å². The zero-order chi connectivity index (χ0) is 22.0. The lowest BCUT2D eigenvalue weighted by Crippen LogP contribution is -2.55. The van der Waals surface area contributed by atoms with Crippen molar-refractivity contribution in [2.45, 2.75) is 83.0 Å². The second-order valence-electron chi connectivity index (χ2n) is 10.9. The first-order chi connectivity index (χ1) is 14.6. The first kappa shape index (κ1) is 21.4. The molecule has 1 aromatic rings. The molecule has 172 valence electrons. The van der Waals surface area contributed by atoms with Crippen LogP contribution in [-0.4, -0.2) is 37.4 Å². The molecule has 8 atom stereocenters. The van der Waals surface area contributed by atoms with Gasteiger partial charge in [0.2, 0.25) is 0 Å². The average molecular weight is 440 g/mol. The van der Waals surface area contributed by atoms with Gasteiger partial charge < -0.3 is 5.11 Å². The maximum atomic E-state index is 13.4. The Hall–Kier alpha value is -1.44. The van der Waals surface area contributed by atoms with Gasteiger partial charge >= 0.3 is 6.18 Å². The molecule has 4 fully saturated rings. The van der Waals surface area contributed by atoms with Gasteiger partial charge in [-0.15, -0.1) is 0 Å². The highest BCUT2D eigenvalue weighted by Crippen LogP contribution is 2.65. The lowest BCUT2D eigenvalue weighted by atomic mass is 9.49. The van der Waals surface area contributed by atoms with Gasteiger partial charge in [-0.3, -0.25) is 4.79 Å². The smallest absolute Gasteiger partial charge is 0.380 e. The summed E-state index contributed by atoms with van der Waals surface area (Å²) < 4.78 is 41.8. The van der Waals surface area contributed by atoms with Crippen molar-refractivity contribution in [2.75, 3.05) is 0 Å².